The normalized spacial score (nSPS) is 8.29. The summed E-state index contributed by atoms with van der Waals surface area (Å²) in [4.78, 5) is 28.8. The number of carbonyl (C=O) groups excluding carboxylic acids is 2. The van der Waals surface area contributed by atoms with Crippen molar-refractivity contribution in [3.05, 3.63) is 25.3 Å². The average molecular weight is 202 g/mol. The second-order valence-electron chi connectivity index (χ2n) is 1.87. The van der Waals surface area contributed by atoms with Crippen LogP contribution in [0.2, 0.25) is 0 Å². The van der Waals surface area contributed by atoms with Gasteiger partial charge in [0.25, 0.3) is 0 Å². The fraction of sp³-hybridized carbons (Fsp3) is 0.250. The SMILES string of the molecule is C=CCOC(=O)OOC(=O)OCC=C. The summed E-state index contributed by atoms with van der Waals surface area (Å²) in [7, 11) is 0. The molecule has 0 saturated heterocycles. The van der Waals surface area contributed by atoms with E-state index in [1.54, 1.807) is 0 Å². The number of hydrogen-bond donors (Lipinski definition) is 0. The van der Waals surface area contributed by atoms with Gasteiger partial charge in [-0.3, -0.25) is 0 Å². The van der Waals surface area contributed by atoms with Crippen molar-refractivity contribution >= 4 is 12.3 Å². The first kappa shape index (κ1) is 12.0. The molecule has 0 bridgehead atoms. The monoisotopic (exact) mass is 202 g/mol. The fourth-order valence-electron chi connectivity index (χ4n) is 0.370. The molecule has 0 spiro atoms. The van der Waals surface area contributed by atoms with E-state index in [1.165, 1.54) is 12.2 Å². The molecule has 0 aromatic carbocycles. The van der Waals surface area contributed by atoms with Crippen LogP contribution in [0.1, 0.15) is 0 Å². The van der Waals surface area contributed by atoms with Crippen LogP contribution in [0.15, 0.2) is 25.3 Å². The van der Waals surface area contributed by atoms with E-state index in [9.17, 15) is 9.59 Å². The summed E-state index contributed by atoms with van der Waals surface area (Å²) in [5, 5.41) is 0. The third kappa shape index (κ3) is 6.71. The highest BCUT2D eigenvalue weighted by atomic mass is 17.3. The Labute approximate surface area is 80.6 Å². The van der Waals surface area contributed by atoms with Crippen molar-refractivity contribution in [1.82, 2.24) is 0 Å². The van der Waals surface area contributed by atoms with Crippen molar-refractivity contribution in [3.63, 3.8) is 0 Å². The van der Waals surface area contributed by atoms with Crippen LogP contribution in [0.4, 0.5) is 9.59 Å². The minimum atomic E-state index is -1.15. The second kappa shape index (κ2) is 7.66. The van der Waals surface area contributed by atoms with Gasteiger partial charge in [-0.05, 0) is 0 Å². The number of ether oxygens (including phenoxy) is 2. The maximum atomic E-state index is 10.5. The molecule has 0 saturated carbocycles. The van der Waals surface area contributed by atoms with Crippen LogP contribution >= 0.6 is 0 Å². The van der Waals surface area contributed by atoms with Crippen LogP contribution in [0.25, 0.3) is 0 Å². The van der Waals surface area contributed by atoms with E-state index >= 15 is 0 Å². The van der Waals surface area contributed by atoms with Crippen molar-refractivity contribution < 1.29 is 28.8 Å². The van der Waals surface area contributed by atoms with Gasteiger partial charge in [-0.25, -0.2) is 0 Å². The number of rotatable bonds is 4. The van der Waals surface area contributed by atoms with Gasteiger partial charge in [0.15, 0.2) is 0 Å². The van der Waals surface area contributed by atoms with Crippen LogP contribution in [0.5, 0.6) is 0 Å². The Morgan fingerprint density at radius 3 is 1.57 bits per heavy atom. The van der Waals surface area contributed by atoms with E-state index in [1.807, 2.05) is 0 Å². The zero-order valence-corrected chi connectivity index (χ0v) is 7.43. The van der Waals surface area contributed by atoms with Crippen molar-refractivity contribution in [2.75, 3.05) is 13.2 Å². The largest absolute Gasteiger partial charge is 0.550 e. The highest BCUT2D eigenvalue weighted by molar-refractivity contribution is 5.63. The molecule has 0 aliphatic carbocycles. The molecule has 0 amide bonds. The molecule has 0 radical (unpaired) electrons. The van der Waals surface area contributed by atoms with Crippen molar-refractivity contribution in [1.29, 1.82) is 0 Å². The van der Waals surface area contributed by atoms with Gasteiger partial charge in [-0.2, -0.15) is 19.4 Å². The second-order valence-corrected chi connectivity index (χ2v) is 1.87. The zero-order chi connectivity index (χ0) is 10.8. The van der Waals surface area contributed by atoms with Crippen LogP contribution in [-0.4, -0.2) is 25.5 Å². The van der Waals surface area contributed by atoms with Gasteiger partial charge < -0.3 is 9.47 Å². The number of carbonyl (C=O) groups is 2. The van der Waals surface area contributed by atoms with Crippen LogP contribution < -0.4 is 0 Å². The van der Waals surface area contributed by atoms with E-state index in [4.69, 9.17) is 0 Å². The molecule has 0 heterocycles. The minimum absolute atomic E-state index is 0.0378. The molecule has 6 heteroatoms. The van der Waals surface area contributed by atoms with E-state index in [0.717, 1.165) is 0 Å². The third-order valence-electron chi connectivity index (χ3n) is 0.816. The molecule has 0 atom stereocenters. The van der Waals surface area contributed by atoms with E-state index < -0.39 is 12.3 Å². The molecule has 6 nitrogen and oxygen atoms in total. The lowest BCUT2D eigenvalue weighted by molar-refractivity contribution is -0.216. The predicted molar refractivity (Wildman–Crippen MR) is 45.3 cm³/mol. The topological polar surface area (TPSA) is 71.1 Å². The van der Waals surface area contributed by atoms with Gasteiger partial charge in [-0.1, -0.05) is 25.3 Å². The molecule has 0 aliphatic heterocycles. The number of hydrogen-bond acceptors (Lipinski definition) is 6. The molecule has 0 unspecified atom stereocenters. The fourth-order valence-corrected chi connectivity index (χ4v) is 0.370. The van der Waals surface area contributed by atoms with Crippen LogP contribution in [-0.2, 0) is 19.2 Å². The molecule has 0 aliphatic rings. The Hall–Kier alpha value is -1.98. The zero-order valence-electron chi connectivity index (χ0n) is 7.43. The summed E-state index contributed by atoms with van der Waals surface area (Å²) in [6.07, 6.45) is 0.357. The van der Waals surface area contributed by atoms with Crippen molar-refractivity contribution in [2.45, 2.75) is 0 Å². The first-order valence-electron chi connectivity index (χ1n) is 3.60. The first-order chi connectivity index (χ1) is 6.70. The van der Waals surface area contributed by atoms with Gasteiger partial charge in [0.2, 0.25) is 0 Å². The lowest BCUT2D eigenvalue weighted by Gasteiger charge is -2.01. The summed E-state index contributed by atoms with van der Waals surface area (Å²) in [5.41, 5.74) is 0. The van der Waals surface area contributed by atoms with Crippen molar-refractivity contribution in [3.8, 4) is 0 Å². The Morgan fingerprint density at radius 2 is 1.29 bits per heavy atom. The Bertz CT molecular complexity index is 198. The van der Waals surface area contributed by atoms with Gasteiger partial charge in [0.05, 0.1) is 0 Å². The summed E-state index contributed by atoms with van der Waals surface area (Å²) in [6, 6.07) is 0. The highest BCUT2D eigenvalue weighted by Gasteiger charge is 2.10. The molecule has 0 aromatic heterocycles. The maximum Gasteiger partial charge on any atom is 0.550 e. The molecular weight excluding hydrogens is 192 g/mol. The minimum Gasteiger partial charge on any atom is -0.428 e. The summed E-state index contributed by atoms with van der Waals surface area (Å²) in [6.45, 7) is 6.51. The molecule has 14 heavy (non-hydrogen) atoms. The molecule has 0 N–H and O–H groups in total. The first-order valence-corrected chi connectivity index (χ1v) is 3.60. The van der Waals surface area contributed by atoms with E-state index in [2.05, 4.69) is 32.4 Å². The van der Waals surface area contributed by atoms with Crippen LogP contribution in [0, 0.1) is 0 Å². The summed E-state index contributed by atoms with van der Waals surface area (Å²) in [5.74, 6) is 0. The van der Waals surface area contributed by atoms with Gasteiger partial charge >= 0.3 is 12.3 Å². The Morgan fingerprint density at radius 1 is 0.929 bits per heavy atom. The quantitative estimate of drug-likeness (QED) is 0.298. The Balaban J connectivity index is 3.50. The molecule has 0 fully saturated rings. The maximum absolute atomic E-state index is 10.5. The summed E-state index contributed by atoms with van der Waals surface area (Å²) >= 11 is 0. The smallest absolute Gasteiger partial charge is 0.428 e. The molecule has 0 aromatic rings. The standard InChI is InChI=1S/C8H10O6/c1-3-5-11-7(9)13-14-8(10)12-6-4-2/h3-4H,1-2,5-6H2. The average Bonchev–Trinajstić information content (AvgIpc) is 2.20. The van der Waals surface area contributed by atoms with Crippen LogP contribution in [0.3, 0.4) is 0 Å². The van der Waals surface area contributed by atoms with E-state index in [0.29, 0.717) is 0 Å². The van der Waals surface area contributed by atoms with E-state index in [-0.39, 0.29) is 13.2 Å². The summed E-state index contributed by atoms with van der Waals surface area (Å²) < 4.78 is 8.63. The van der Waals surface area contributed by atoms with Crippen molar-refractivity contribution in [2.24, 2.45) is 0 Å². The third-order valence-corrected chi connectivity index (χ3v) is 0.816. The predicted octanol–water partition coefficient (Wildman–Crippen LogP) is 1.58. The van der Waals surface area contributed by atoms with Gasteiger partial charge in [0, 0.05) is 0 Å². The molecular formula is C8H10O6. The van der Waals surface area contributed by atoms with Gasteiger partial charge in [-0.15, -0.1) is 0 Å². The Kier molecular flexibility index (Phi) is 6.57. The molecule has 0 rings (SSSR count). The lowest BCUT2D eigenvalue weighted by Crippen LogP contribution is -2.13. The highest BCUT2D eigenvalue weighted by Crippen LogP contribution is 1.91. The lowest BCUT2D eigenvalue weighted by atomic mass is 10.7. The molecule has 78 valence electrons. The van der Waals surface area contributed by atoms with Gasteiger partial charge in [0.1, 0.15) is 13.2 Å².